The molecule has 13 heteroatoms. The van der Waals surface area contributed by atoms with Crippen molar-refractivity contribution in [1.29, 1.82) is 0 Å². The summed E-state index contributed by atoms with van der Waals surface area (Å²) in [6.07, 6.45) is 4.02. The molecule has 1 aliphatic heterocycles. The fraction of sp³-hybridized carbons (Fsp3) is 0.500. The number of thiazole rings is 1. The maximum Gasteiger partial charge on any atom is 0.407 e. The molecular weight excluding hydrogens is 644 g/mol. The molecule has 0 aliphatic carbocycles. The summed E-state index contributed by atoms with van der Waals surface area (Å²) in [6.45, 7) is 4.48. The number of amides is 4. The van der Waals surface area contributed by atoms with Crippen molar-refractivity contribution in [2.75, 3.05) is 60.2 Å². The molecule has 3 atom stereocenters. The summed E-state index contributed by atoms with van der Waals surface area (Å²) < 4.78 is 16.1. The van der Waals surface area contributed by atoms with E-state index in [2.05, 4.69) is 25.8 Å². The Bertz CT molecular complexity index is 1380. The highest BCUT2D eigenvalue weighted by Crippen LogP contribution is 2.15. The first-order chi connectivity index (χ1) is 23.9. The number of morpholine rings is 1. The summed E-state index contributed by atoms with van der Waals surface area (Å²) >= 11 is 1.43. The molecule has 2 heterocycles. The molecule has 1 fully saturated rings. The number of benzene rings is 2. The first-order valence-electron chi connectivity index (χ1n) is 16.9. The van der Waals surface area contributed by atoms with E-state index in [1.165, 1.54) is 16.2 Å². The van der Waals surface area contributed by atoms with Gasteiger partial charge in [0.15, 0.2) is 0 Å². The van der Waals surface area contributed by atoms with Gasteiger partial charge >= 0.3 is 12.1 Å². The maximum absolute atomic E-state index is 14.0. The highest BCUT2D eigenvalue weighted by atomic mass is 32.1. The lowest BCUT2D eigenvalue weighted by Crippen LogP contribution is -2.54. The lowest BCUT2D eigenvalue weighted by atomic mass is 9.95. The number of alkyl carbamates (subject to hydrolysis) is 1. The van der Waals surface area contributed by atoms with E-state index in [1.807, 2.05) is 60.7 Å². The van der Waals surface area contributed by atoms with Crippen molar-refractivity contribution in [2.24, 2.45) is 0 Å². The van der Waals surface area contributed by atoms with E-state index in [1.54, 1.807) is 25.9 Å². The minimum atomic E-state index is -0.737. The van der Waals surface area contributed by atoms with E-state index in [-0.39, 0.29) is 30.6 Å². The van der Waals surface area contributed by atoms with Crippen LogP contribution in [0.25, 0.3) is 0 Å². The second-order valence-electron chi connectivity index (χ2n) is 12.2. The average Bonchev–Trinajstić information content (AvgIpc) is 3.65. The van der Waals surface area contributed by atoms with Crippen LogP contribution in [0.3, 0.4) is 0 Å². The van der Waals surface area contributed by atoms with Crippen LogP contribution in [0.15, 0.2) is 72.4 Å². The van der Waals surface area contributed by atoms with Crippen LogP contribution in [0.1, 0.15) is 35.3 Å². The van der Waals surface area contributed by atoms with Crippen LogP contribution >= 0.6 is 11.3 Å². The third kappa shape index (κ3) is 14.1. The molecule has 12 nitrogen and oxygen atoms in total. The van der Waals surface area contributed by atoms with Crippen molar-refractivity contribution in [3.05, 3.63) is 88.4 Å². The predicted octanol–water partition coefficient (Wildman–Crippen LogP) is 3.87. The van der Waals surface area contributed by atoms with Crippen molar-refractivity contribution in [1.82, 2.24) is 30.7 Å². The number of carbonyl (C=O) groups excluding carboxylic acids is 3. The Morgan fingerprint density at radius 3 is 2.14 bits per heavy atom. The normalized spacial score (nSPS) is 15.1. The van der Waals surface area contributed by atoms with Crippen LogP contribution in [0.4, 0.5) is 9.59 Å². The third-order valence-electron chi connectivity index (χ3n) is 8.44. The summed E-state index contributed by atoms with van der Waals surface area (Å²) in [7, 11) is 3.27. The van der Waals surface area contributed by atoms with Gasteiger partial charge in [-0.25, -0.2) is 9.59 Å². The van der Waals surface area contributed by atoms with Crippen LogP contribution in [0, 0.1) is 0 Å². The number of ether oxygens (including phenoxy) is 3. The van der Waals surface area contributed by atoms with Gasteiger partial charge in [0.2, 0.25) is 5.91 Å². The maximum atomic E-state index is 14.0. The number of aromatic nitrogens is 1. The summed E-state index contributed by atoms with van der Waals surface area (Å²) in [4.78, 5) is 48.7. The molecule has 266 valence electrons. The zero-order valence-corrected chi connectivity index (χ0v) is 29.4. The summed E-state index contributed by atoms with van der Waals surface area (Å²) in [5.41, 5.74) is 3.87. The first kappa shape index (κ1) is 37.8. The average molecular weight is 695 g/mol. The van der Waals surface area contributed by atoms with Crippen LogP contribution in [-0.2, 0) is 38.5 Å². The number of nitrogens with one attached hydrogen (secondary N) is 3. The lowest BCUT2D eigenvalue weighted by Gasteiger charge is -2.30. The minimum Gasteiger partial charge on any atom is -0.444 e. The number of likely N-dealkylation sites (N-methyl/N-ethyl adjacent to an activating group) is 1. The Morgan fingerprint density at radius 1 is 0.918 bits per heavy atom. The first-order valence-corrected chi connectivity index (χ1v) is 17.8. The van der Waals surface area contributed by atoms with Gasteiger partial charge in [-0.15, -0.1) is 11.3 Å². The smallest absolute Gasteiger partial charge is 0.407 e. The van der Waals surface area contributed by atoms with E-state index in [0.717, 1.165) is 29.1 Å². The molecule has 3 N–H and O–H groups in total. The van der Waals surface area contributed by atoms with Gasteiger partial charge < -0.3 is 35.1 Å². The Morgan fingerprint density at radius 2 is 1.55 bits per heavy atom. The molecule has 0 spiro atoms. The Labute approximate surface area is 293 Å². The molecule has 1 aromatic heterocycles. The highest BCUT2D eigenvalue weighted by molar-refractivity contribution is 7.09. The fourth-order valence-electron chi connectivity index (χ4n) is 5.60. The van der Waals surface area contributed by atoms with Gasteiger partial charge in [-0.2, -0.15) is 0 Å². The molecule has 49 heavy (non-hydrogen) atoms. The molecule has 0 saturated carbocycles. The SMILES string of the molecule is COCCN(C)C(=O)NC(CCN1CCOCC1)C(=O)NC(CCC(Cc1ccccc1)NC(=O)OCc1cncs1)Cc1ccccc1. The third-order valence-corrected chi connectivity index (χ3v) is 9.19. The lowest BCUT2D eigenvalue weighted by molar-refractivity contribution is -0.124. The van der Waals surface area contributed by atoms with Crippen molar-refractivity contribution in [3.8, 4) is 0 Å². The van der Waals surface area contributed by atoms with Gasteiger partial charge in [0.05, 0.1) is 30.2 Å². The number of hydrogen-bond donors (Lipinski definition) is 3. The number of hydrogen-bond acceptors (Lipinski definition) is 9. The van der Waals surface area contributed by atoms with Crippen LogP contribution in [0.2, 0.25) is 0 Å². The standard InChI is InChI=1S/C36H50N6O6S/c1-41(17-20-46-2)35(44)40-33(15-16-42-18-21-47-22-19-42)34(43)38-30(23-28-9-5-3-6-10-28)13-14-31(24-29-11-7-4-8-12-29)39-36(45)48-26-32-25-37-27-49-32/h3-12,25,27,30-31,33H,13-24,26H2,1-2H3,(H,38,43)(H,39,45)(H,40,44). The van der Waals surface area contributed by atoms with Crippen LogP contribution in [-0.4, -0.2) is 111 Å². The van der Waals surface area contributed by atoms with Crippen molar-refractivity contribution >= 4 is 29.4 Å². The molecule has 1 aliphatic rings. The van der Waals surface area contributed by atoms with Crippen molar-refractivity contribution in [3.63, 3.8) is 0 Å². The number of rotatable bonds is 19. The summed E-state index contributed by atoms with van der Waals surface area (Å²) in [5.74, 6) is -0.237. The summed E-state index contributed by atoms with van der Waals surface area (Å²) in [5, 5.41) is 9.29. The monoisotopic (exact) mass is 694 g/mol. The van der Waals surface area contributed by atoms with Crippen LogP contribution < -0.4 is 16.0 Å². The second-order valence-corrected chi connectivity index (χ2v) is 13.2. The van der Waals surface area contributed by atoms with E-state index in [9.17, 15) is 14.4 Å². The highest BCUT2D eigenvalue weighted by Gasteiger charge is 2.27. The fourth-order valence-corrected chi connectivity index (χ4v) is 6.11. The largest absolute Gasteiger partial charge is 0.444 e. The van der Waals surface area contributed by atoms with E-state index in [4.69, 9.17) is 14.2 Å². The number of carbonyl (C=O) groups is 3. The molecule has 4 amide bonds. The molecule has 2 aromatic carbocycles. The number of nitrogens with zero attached hydrogens (tertiary/aromatic N) is 3. The molecule has 3 unspecified atom stereocenters. The van der Waals surface area contributed by atoms with Gasteiger partial charge in [0.1, 0.15) is 12.6 Å². The van der Waals surface area contributed by atoms with Gasteiger partial charge in [-0.05, 0) is 43.2 Å². The van der Waals surface area contributed by atoms with Crippen molar-refractivity contribution < 1.29 is 28.6 Å². The zero-order chi connectivity index (χ0) is 34.7. The molecule has 3 aromatic rings. The van der Waals surface area contributed by atoms with Gasteiger partial charge in [0.25, 0.3) is 0 Å². The second kappa shape index (κ2) is 21.1. The topological polar surface area (TPSA) is 134 Å². The molecule has 1 saturated heterocycles. The molecule has 4 rings (SSSR count). The number of urea groups is 1. The Hall–Kier alpha value is -4.04. The van der Waals surface area contributed by atoms with Gasteiger partial charge in [0, 0.05) is 58.6 Å². The molecule has 0 radical (unpaired) electrons. The quantitative estimate of drug-likeness (QED) is 0.172. The number of methoxy groups -OCH3 is 1. The summed E-state index contributed by atoms with van der Waals surface area (Å²) in [6, 6.07) is 18.4. The van der Waals surface area contributed by atoms with Gasteiger partial charge in [-0.3, -0.25) is 14.7 Å². The predicted molar refractivity (Wildman–Crippen MR) is 189 cm³/mol. The van der Waals surface area contributed by atoms with Crippen LogP contribution in [0.5, 0.6) is 0 Å². The van der Waals surface area contributed by atoms with E-state index < -0.39 is 12.1 Å². The van der Waals surface area contributed by atoms with Gasteiger partial charge in [-0.1, -0.05) is 60.7 Å². The van der Waals surface area contributed by atoms with E-state index >= 15 is 0 Å². The zero-order valence-electron chi connectivity index (χ0n) is 28.6. The minimum absolute atomic E-state index is 0.152. The van der Waals surface area contributed by atoms with E-state index in [0.29, 0.717) is 65.0 Å². The Kier molecular flexibility index (Phi) is 16.3. The molecule has 0 bridgehead atoms. The Balaban J connectivity index is 1.46. The van der Waals surface area contributed by atoms with Crippen molar-refractivity contribution in [2.45, 2.75) is 56.8 Å². The molecular formula is C36H50N6O6S.